The van der Waals surface area contributed by atoms with Gasteiger partial charge in [-0.2, -0.15) is 8.78 Å². The number of benzene rings is 1. The molecule has 0 aliphatic heterocycles. The van der Waals surface area contributed by atoms with Crippen LogP contribution in [0.4, 0.5) is 8.78 Å². The van der Waals surface area contributed by atoms with E-state index in [9.17, 15) is 13.6 Å². The van der Waals surface area contributed by atoms with Crippen LogP contribution in [0, 0.1) is 18.4 Å². The minimum atomic E-state index is -3.00. The lowest BCUT2D eigenvalue weighted by Gasteiger charge is -2.38. The number of aryl methyl sites for hydroxylation is 1. The maximum atomic E-state index is 14.4. The van der Waals surface area contributed by atoms with Gasteiger partial charge in [-0.25, -0.2) is 4.79 Å². The molecule has 1 aromatic rings. The molecule has 0 amide bonds. The number of rotatable bonds is 9. The second-order valence-electron chi connectivity index (χ2n) is 8.81. The van der Waals surface area contributed by atoms with Gasteiger partial charge < -0.3 is 4.74 Å². The zero-order chi connectivity index (χ0) is 22.2. The van der Waals surface area contributed by atoms with Crippen molar-refractivity contribution in [3.8, 4) is 11.5 Å². The van der Waals surface area contributed by atoms with Crippen molar-refractivity contribution in [2.45, 2.75) is 90.3 Å². The Kier molecular flexibility index (Phi) is 9.55. The van der Waals surface area contributed by atoms with Crippen LogP contribution in [0.1, 0.15) is 76.7 Å². The van der Waals surface area contributed by atoms with E-state index in [2.05, 4.69) is 53.0 Å². The first kappa shape index (κ1) is 25.4. The van der Waals surface area contributed by atoms with Gasteiger partial charge in [0.25, 0.3) is 0 Å². The van der Waals surface area contributed by atoms with Crippen LogP contribution in [0.2, 0.25) is 16.6 Å². The summed E-state index contributed by atoms with van der Waals surface area (Å²) < 4.78 is 33.9. The normalized spacial score (nSPS) is 12.3. The number of alkyl halides is 2. The van der Waals surface area contributed by atoms with Crippen LogP contribution in [0.15, 0.2) is 24.3 Å². The molecule has 0 unspecified atom stereocenters. The lowest BCUT2D eigenvalue weighted by molar-refractivity contribution is 0.0429. The van der Waals surface area contributed by atoms with Gasteiger partial charge in [-0.05, 0) is 54.4 Å². The van der Waals surface area contributed by atoms with E-state index in [0.29, 0.717) is 28.6 Å². The molecule has 0 aliphatic rings. The SMILES string of the molecule is Cc1ccc(C(=O)OCCCCC(F)(F)C#C[Si](C(C)C)(C(C)C)C(C)C)cc1. The fourth-order valence-electron chi connectivity index (χ4n) is 4.08. The van der Waals surface area contributed by atoms with E-state index >= 15 is 0 Å². The first-order valence-electron chi connectivity index (χ1n) is 10.6. The lowest BCUT2D eigenvalue weighted by atomic mass is 10.1. The van der Waals surface area contributed by atoms with Crippen molar-refractivity contribution >= 4 is 14.0 Å². The minimum absolute atomic E-state index is 0.138. The minimum Gasteiger partial charge on any atom is -0.462 e. The fraction of sp³-hybridized carbons (Fsp3) is 0.625. The smallest absolute Gasteiger partial charge is 0.338 e. The van der Waals surface area contributed by atoms with Crippen molar-refractivity contribution in [2.75, 3.05) is 6.61 Å². The quantitative estimate of drug-likeness (QED) is 0.182. The summed E-state index contributed by atoms with van der Waals surface area (Å²) >= 11 is 0. The highest BCUT2D eigenvalue weighted by Gasteiger charge is 2.42. The number of hydrogen-bond acceptors (Lipinski definition) is 2. The highest BCUT2D eigenvalue weighted by Crippen LogP contribution is 2.41. The van der Waals surface area contributed by atoms with Gasteiger partial charge in [0.2, 0.25) is 0 Å². The summed E-state index contributed by atoms with van der Waals surface area (Å²) in [5.74, 6) is -1.08. The summed E-state index contributed by atoms with van der Waals surface area (Å²) in [6, 6.07) is 7.08. The van der Waals surface area contributed by atoms with E-state index in [1.165, 1.54) is 0 Å². The summed E-state index contributed by atoms with van der Waals surface area (Å²) in [5, 5.41) is 0. The maximum Gasteiger partial charge on any atom is 0.338 e. The fourth-order valence-corrected chi connectivity index (χ4v) is 9.35. The van der Waals surface area contributed by atoms with Crippen LogP contribution in [-0.4, -0.2) is 26.6 Å². The molecule has 0 saturated carbocycles. The Bertz CT molecular complexity index is 691. The molecular weight excluding hydrogens is 386 g/mol. The number of halogens is 2. The number of carbonyl (C=O) groups excluding carboxylic acids is 1. The molecule has 0 fully saturated rings. The van der Waals surface area contributed by atoms with E-state index in [4.69, 9.17) is 4.74 Å². The summed E-state index contributed by atoms with van der Waals surface area (Å²) in [5.41, 5.74) is 5.62. The van der Waals surface area contributed by atoms with Crippen molar-refractivity contribution in [3.05, 3.63) is 35.4 Å². The average Bonchev–Trinajstić information content (AvgIpc) is 2.61. The number of hydrogen-bond donors (Lipinski definition) is 0. The van der Waals surface area contributed by atoms with Crippen LogP contribution in [0.25, 0.3) is 0 Å². The van der Waals surface area contributed by atoms with Gasteiger partial charge in [0.1, 0.15) is 8.07 Å². The summed E-state index contributed by atoms with van der Waals surface area (Å²) in [6.07, 6.45) is 0.360. The van der Waals surface area contributed by atoms with E-state index in [1.807, 2.05) is 19.1 Å². The molecule has 162 valence electrons. The number of unbranched alkanes of at least 4 members (excludes halogenated alkanes) is 1. The second-order valence-corrected chi connectivity index (χ2v) is 14.4. The Morgan fingerprint density at radius 3 is 2.00 bits per heavy atom. The Labute approximate surface area is 176 Å². The van der Waals surface area contributed by atoms with Crippen LogP contribution in [-0.2, 0) is 4.74 Å². The molecule has 0 aliphatic carbocycles. The number of ether oxygens (including phenoxy) is 1. The van der Waals surface area contributed by atoms with E-state index in [-0.39, 0.29) is 19.4 Å². The summed E-state index contributed by atoms with van der Waals surface area (Å²) in [7, 11) is -2.16. The Hall–Kier alpha value is -1.67. The van der Waals surface area contributed by atoms with Crippen molar-refractivity contribution in [1.29, 1.82) is 0 Å². The Morgan fingerprint density at radius 1 is 1.00 bits per heavy atom. The Morgan fingerprint density at radius 2 is 1.52 bits per heavy atom. The molecule has 0 spiro atoms. The number of esters is 1. The second kappa shape index (κ2) is 10.9. The topological polar surface area (TPSA) is 26.3 Å². The largest absolute Gasteiger partial charge is 0.462 e. The molecule has 0 aromatic heterocycles. The zero-order valence-corrected chi connectivity index (χ0v) is 19.9. The van der Waals surface area contributed by atoms with Crippen LogP contribution >= 0.6 is 0 Å². The number of carbonyl (C=O) groups is 1. The van der Waals surface area contributed by atoms with Gasteiger partial charge in [0.05, 0.1) is 12.2 Å². The highest BCUT2D eigenvalue weighted by atomic mass is 28.3. The Balaban J connectivity index is 2.58. The van der Waals surface area contributed by atoms with Crippen molar-refractivity contribution in [3.63, 3.8) is 0 Å². The van der Waals surface area contributed by atoms with Crippen molar-refractivity contribution < 1.29 is 18.3 Å². The van der Waals surface area contributed by atoms with Crippen molar-refractivity contribution in [2.24, 2.45) is 0 Å². The van der Waals surface area contributed by atoms with Gasteiger partial charge in [-0.15, -0.1) is 5.54 Å². The molecular formula is C24H36F2O2Si. The third-order valence-corrected chi connectivity index (χ3v) is 12.0. The standard InChI is InChI=1S/C24H36F2O2Si/c1-18(2)29(19(3)4,20(5)6)17-15-24(25,26)14-8-9-16-28-23(27)22-12-10-21(7)11-13-22/h10-13,18-20H,8-9,14,16H2,1-7H3. The highest BCUT2D eigenvalue weighted by molar-refractivity contribution is 6.90. The van der Waals surface area contributed by atoms with Gasteiger partial charge in [0, 0.05) is 6.42 Å². The maximum absolute atomic E-state index is 14.4. The molecule has 0 bridgehead atoms. The molecule has 0 N–H and O–H groups in total. The summed E-state index contributed by atoms with van der Waals surface area (Å²) in [6.45, 7) is 14.8. The van der Waals surface area contributed by atoms with E-state index in [1.54, 1.807) is 12.1 Å². The third kappa shape index (κ3) is 7.26. The van der Waals surface area contributed by atoms with Gasteiger partial charge >= 0.3 is 11.9 Å². The molecule has 0 saturated heterocycles. The van der Waals surface area contributed by atoms with E-state index < -0.39 is 20.0 Å². The average molecular weight is 423 g/mol. The molecule has 0 radical (unpaired) electrons. The van der Waals surface area contributed by atoms with Crippen LogP contribution < -0.4 is 0 Å². The van der Waals surface area contributed by atoms with Gasteiger partial charge in [-0.3, -0.25) is 0 Å². The predicted molar refractivity (Wildman–Crippen MR) is 119 cm³/mol. The zero-order valence-electron chi connectivity index (χ0n) is 18.9. The third-order valence-electron chi connectivity index (χ3n) is 5.73. The first-order chi connectivity index (χ1) is 13.4. The predicted octanol–water partition coefficient (Wildman–Crippen LogP) is 7.18. The lowest BCUT2D eigenvalue weighted by Crippen LogP contribution is -2.43. The van der Waals surface area contributed by atoms with Crippen LogP contribution in [0.3, 0.4) is 0 Å². The first-order valence-corrected chi connectivity index (χ1v) is 12.8. The van der Waals surface area contributed by atoms with Gasteiger partial charge in [0.15, 0.2) is 0 Å². The summed E-state index contributed by atoms with van der Waals surface area (Å²) in [4.78, 5) is 11.9. The van der Waals surface area contributed by atoms with Crippen molar-refractivity contribution in [1.82, 2.24) is 0 Å². The molecule has 1 aromatic carbocycles. The molecule has 0 heterocycles. The van der Waals surface area contributed by atoms with Crippen LogP contribution in [0.5, 0.6) is 0 Å². The van der Waals surface area contributed by atoms with Gasteiger partial charge in [-0.1, -0.05) is 59.2 Å². The molecule has 0 atom stereocenters. The molecule has 29 heavy (non-hydrogen) atoms. The molecule has 5 heteroatoms. The molecule has 2 nitrogen and oxygen atoms in total. The molecule has 1 rings (SSSR count). The monoisotopic (exact) mass is 422 g/mol. The van der Waals surface area contributed by atoms with E-state index in [0.717, 1.165) is 5.56 Å².